The Morgan fingerprint density at radius 1 is 1.03 bits per heavy atom. The number of unbranched alkanes of at least 4 members (excludes halogenated alkanes) is 2. The van der Waals surface area contributed by atoms with Crippen molar-refractivity contribution in [3.63, 3.8) is 0 Å². The lowest BCUT2D eigenvalue weighted by atomic mass is 10.0. The number of carbonyl (C=O) groups excluding carboxylic acids is 3. The molecule has 0 aromatic heterocycles. The predicted molar refractivity (Wildman–Crippen MR) is 138 cm³/mol. The van der Waals surface area contributed by atoms with E-state index >= 15 is 0 Å². The topological polar surface area (TPSA) is 120 Å². The second-order valence-electron chi connectivity index (χ2n) is 8.09. The zero-order valence-corrected chi connectivity index (χ0v) is 21.6. The summed E-state index contributed by atoms with van der Waals surface area (Å²) >= 11 is 3.41. The standard InChI is InChI=1S/C26H34BrN3O5/c1-2-16-29-25(32)23(30-24(31)10-4-3-7-15-28)17-19-11-13-21(14-12-19)35-26(33)34-18-20-8-5-6-9-22(20)27/h5-6,8-9,11-14,23H,2-4,7,10,15-18,28H2,1H3,(H,29,32)(H,30,31)/t23-/m0/s1. The van der Waals surface area contributed by atoms with E-state index in [-0.39, 0.29) is 18.4 Å². The van der Waals surface area contributed by atoms with Gasteiger partial charge < -0.3 is 25.8 Å². The van der Waals surface area contributed by atoms with Crippen LogP contribution in [0.5, 0.6) is 5.75 Å². The van der Waals surface area contributed by atoms with E-state index in [0.717, 1.165) is 41.3 Å². The minimum absolute atomic E-state index is 0.0822. The molecule has 0 saturated heterocycles. The molecule has 2 aromatic rings. The summed E-state index contributed by atoms with van der Waals surface area (Å²) in [6.45, 7) is 3.19. The van der Waals surface area contributed by atoms with Crippen LogP contribution in [0.3, 0.4) is 0 Å². The Hall–Kier alpha value is -2.91. The first-order valence-corrected chi connectivity index (χ1v) is 12.7. The molecule has 0 aliphatic heterocycles. The quantitative estimate of drug-likeness (QED) is 0.185. The van der Waals surface area contributed by atoms with E-state index in [2.05, 4.69) is 26.6 Å². The maximum absolute atomic E-state index is 12.6. The molecule has 0 radical (unpaired) electrons. The first-order valence-electron chi connectivity index (χ1n) is 11.9. The monoisotopic (exact) mass is 547 g/mol. The summed E-state index contributed by atoms with van der Waals surface area (Å²) in [4.78, 5) is 37.0. The van der Waals surface area contributed by atoms with Crippen molar-refractivity contribution in [1.82, 2.24) is 10.6 Å². The molecular formula is C26H34BrN3O5. The third kappa shape index (κ3) is 10.9. The molecule has 2 amide bonds. The highest BCUT2D eigenvalue weighted by Crippen LogP contribution is 2.18. The van der Waals surface area contributed by atoms with Crippen molar-refractivity contribution in [1.29, 1.82) is 0 Å². The van der Waals surface area contributed by atoms with E-state index in [1.165, 1.54) is 0 Å². The van der Waals surface area contributed by atoms with E-state index in [4.69, 9.17) is 15.2 Å². The smallest absolute Gasteiger partial charge is 0.429 e. The summed E-state index contributed by atoms with van der Waals surface area (Å²) in [6, 6.07) is 13.5. The zero-order chi connectivity index (χ0) is 25.5. The number of rotatable bonds is 14. The van der Waals surface area contributed by atoms with Gasteiger partial charge in [-0.2, -0.15) is 0 Å². The first-order chi connectivity index (χ1) is 16.9. The number of nitrogens with one attached hydrogen (secondary N) is 2. The summed E-state index contributed by atoms with van der Waals surface area (Å²) in [5.74, 6) is -0.0636. The van der Waals surface area contributed by atoms with E-state index in [1.54, 1.807) is 24.3 Å². The van der Waals surface area contributed by atoms with Gasteiger partial charge in [-0.1, -0.05) is 59.6 Å². The van der Waals surface area contributed by atoms with Crippen LogP contribution >= 0.6 is 15.9 Å². The second-order valence-corrected chi connectivity index (χ2v) is 8.95. The van der Waals surface area contributed by atoms with Crippen LogP contribution in [0.25, 0.3) is 0 Å². The van der Waals surface area contributed by atoms with Crippen molar-refractivity contribution in [2.45, 2.75) is 58.1 Å². The minimum Gasteiger partial charge on any atom is -0.429 e. The largest absolute Gasteiger partial charge is 0.514 e. The van der Waals surface area contributed by atoms with Crippen LogP contribution in [0.15, 0.2) is 53.0 Å². The summed E-state index contributed by atoms with van der Waals surface area (Å²) in [5.41, 5.74) is 7.14. The van der Waals surface area contributed by atoms with Crippen LogP contribution in [-0.4, -0.2) is 37.1 Å². The fourth-order valence-corrected chi connectivity index (χ4v) is 3.66. The minimum atomic E-state index is -0.813. The van der Waals surface area contributed by atoms with Gasteiger partial charge in [0.2, 0.25) is 11.8 Å². The third-order valence-corrected chi connectivity index (χ3v) is 5.95. The van der Waals surface area contributed by atoms with Crippen molar-refractivity contribution >= 4 is 33.9 Å². The molecule has 0 aliphatic rings. The van der Waals surface area contributed by atoms with Gasteiger partial charge in [-0.05, 0) is 49.6 Å². The molecule has 9 heteroatoms. The Morgan fingerprint density at radius 2 is 1.77 bits per heavy atom. The number of halogens is 1. The fourth-order valence-electron chi connectivity index (χ4n) is 3.26. The van der Waals surface area contributed by atoms with Gasteiger partial charge in [-0.25, -0.2) is 4.79 Å². The van der Waals surface area contributed by atoms with Gasteiger partial charge in [0.15, 0.2) is 0 Å². The maximum Gasteiger partial charge on any atom is 0.514 e. The number of hydrogen-bond donors (Lipinski definition) is 3. The molecule has 0 spiro atoms. The average molecular weight is 548 g/mol. The Labute approximate surface area is 215 Å². The molecule has 2 aromatic carbocycles. The second kappa shape index (κ2) is 15.9. The van der Waals surface area contributed by atoms with Crippen LogP contribution in [0.2, 0.25) is 0 Å². The van der Waals surface area contributed by atoms with Crippen LogP contribution in [0, 0.1) is 0 Å². The van der Waals surface area contributed by atoms with Crippen molar-refractivity contribution in [3.05, 3.63) is 64.1 Å². The van der Waals surface area contributed by atoms with Crippen LogP contribution < -0.4 is 21.1 Å². The number of ether oxygens (including phenoxy) is 2. The van der Waals surface area contributed by atoms with Crippen molar-refractivity contribution in [2.24, 2.45) is 5.73 Å². The number of hydrogen-bond acceptors (Lipinski definition) is 6. The Morgan fingerprint density at radius 3 is 2.46 bits per heavy atom. The average Bonchev–Trinajstić information content (AvgIpc) is 2.85. The Kier molecular flexibility index (Phi) is 12.9. The van der Waals surface area contributed by atoms with Crippen molar-refractivity contribution in [3.8, 4) is 5.75 Å². The molecule has 190 valence electrons. The summed E-state index contributed by atoms with van der Waals surface area (Å²) < 4.78 is 11.2. The Bertz CT molecular complexity index is 952. The molecule has 0 saturated carbocycles. The molecule has 8 nitrogen and oxygen atoms in total. The van der Waals surface area contributed by atoms with Gasteiger partial charge >= 0.3 is 6.16 Å². The van der Waals surface area contributed by atoms with Gasteiger partial charge in [-0.15, -0.1) is 0 Å². The van der Waals surface area contributed by atoms with Crippen molar-refractivity contribution in [2.75, 3.05) is 13.1 Å². The van der Waals surface area contributed by atoms with Crippen LogP contribution in [-0.2, 0) is 27.4 Å². The first kappa shape index (κ1) is 28.3. The molecule has 0 fully saturated rings. The lowest BCUT2D eigenvalue weighted by molar-refractivity contribution is -0.129. The molecule has 0 unspecified atom stereocenters. The molecule has 0 heterocycles. The molecule has 1 atom stereocenters. The summed E-state index contributed by atoms with van der Waals surface area (Å²) in [5, 5.41) is 5.69. The SMILES string of the molecule is CCCNC(=O)[C@H](Cc1ccc(OC(=O)OCc2ccccc2Br)cc1)NC(=O)CCCCCN. The lowest BCUT2D eigenvalue weighted by Crippen LogP contribution is -2.48. The Balaban J connectivity index is 1.91. The van der Waals surface area contributed by atoms with Crippen LogP contribution in [0.4, 0.5) is 4.79 Å². The molecule has 2 rings (SSSR count). The zero-order valence-electron chi connectivity index (χ0n) is 20.1. The highest BCUT2D eigenvalue weighted by Gasteiger charge is 2.21. The summed E-state index contributed by atoms with van der Waals surface area (Å²) in [6.07, 6.45) is 3.14. The molecular weight excluding hydrogens is 514 g/mol. The number of nitrogens with two attached hydrogens (primary N) is 1. The highest BCUT2D eigenvalue weighted by atomic mass is 79.9. The van der Waals surface area contributed by atoms with Crippen LogP contribution in [0.1, 0.15) is 50.2 Å². The third-order valence-electron chi connectivity index (χ3n) is 5.18. The molecule has 35 heavy (non-hydrogen) atoms. The highest BCUT2D eigenvalue weighted by molar-refractivity contribution is 9.10. The van der Waals surface area contributed by atoms with E-state index < -0.39 is 12.2 Å². The van der Waals surface area contributed by atoms with E-state index in [0.29, 0.717) is 31.7 Å². The molecule has 0 aliphatic carbocycles. The van der Waals surface area contributed by atoms with Gasteiger partial charge in [0, 0.05) is 29.4 Å². The van der Waals surface area contributed by atoms with Gasteiger partial charge in [-0.3, -0.25) is 9.59 Å². The molecule has 4 N–H and O–H groups in total. The van der Waals surface area contributed by atoms with E-state index in [9.17, 15) is 14.4 Å². The number of carbonyl (C=O) groups is 3. The normalized spacial score (nSPS) is 11.4. The molecule has 0 bridgehead atoms. The maximum atomic E-state index is 12.6. The predicted octanol–water partition coefficient (Wildman–Crippen LogP) is 4.24. The van der Waals surface area contributed by atoms with E-state index in [1.807, 2.05) is 31.2 Å². The summed E-state index contributed by atoms with van der Waals surface area (Å²) in [7, 11) is 0. The number of amides is 2. The lowest BCUT2D eigenvalue weighted by Gasteiger charge is -2.19. The number of benzene rings is 2. The van der Waals surface area contributed by atoms with Gasteiger partial charge in [0.1, 0.15) is 18.4 Å². The fraction of sp³-hybridized carbons (Fsp3) is 0.423. The van der Waals surface area contributed by atoms with Gasteiger partial charge in [0.05, 0.1) is 0 Å². The van der Waals surface area contributed by atoms with Crippen molar-refractivity contribution < 1.29 is 23.9 Å². The van der Waals surface area contributed by atoms with Gasteiger partial charge in [0.25, 0.3) is 0 Å².